The first kappa shape index (κ1) is 20.9. The van der Waals surface area contributed by atoms with Gasteiger partial charge in [0.05, 0.1) is 18.7 Å². The van der Waals surface area contributed by atoms with Crippen molar-refractivity contribution in [3.63, 3.8) is 0 Å². The Hall–Kier alpha value is -3.44. The van der Waals surface area contributed by atoms with Crippen LogP contribution in [0.1, 0.15) is 34.5 Å². The van der Waals surface area contributed by atoms with Crippen LogP contribution < -0.4 is 11.1 Å². The lowest BCUT2D eigenvalue weighted by atomic mass is 10.2. The fourth-order valence-corrected chi connectivity index (χ4v) is 2.28. The molecule has 1 aromatic carbocycles. The van der Waals surface area contributed by atoms with E-state index in [4.69, 9.17) is 20.5 Å². The molecular weight excluding hydrogens is 358 g/mol. The van der Waals surface area contributed by atoms with Crippen LogP contribution in [0.5, 0.6) is 0 Å². The number of ether oxygens (including phenoxy) is 2. The predicted molar refractivity (Wildman–Crippen MR) is 106 cm³/mol. The van der Waals surface area contributed by atoms with Gasteiger partial charge in [0, 0.05) is 25.6 Å². The summed E-state index contributed by atoms with van der Waals surface area (Å²) < 4.78 is 10.3. The van der Waals surface area contributed by atoms with E-state index in [0.717, 1.165) is 18.4 Å². The summed E-state index contributed by atoms with van der Waals surface area (Å²) in [6, 6.07) is 12.4. The first-order valence-corrected chi connectivity index (χ1v) is 8.80. The second-order valence-electron chi connectivity index (χ2n) is 5.90. The molecule has 0 fully saturated rings. The molecular formula is C20H23N5O3. The number of nitriles is 1. The Morgan fingerprint density at radius 1 is 1.29 bits per heavy atom. The Bertz CT molecular complexity index is 844. The lowest BCUT2D eigenvalue weighted by Gasteiger charge is -2.07. The van der Waals surface area contributed by atoms with Gasteiger partial charge in [0.1, 0.15) is 11.8 Å². The number of aliphatic imine (C=N–C) groups is 1. The van der Waals surface area contributed by atoms with Crippen molar-refractivity contribution in [3.05, 3.63) is 59.4 Å². The first-order valence-electron chi connectivity index (χ1n) is 8.80. The van der Waals surface area contributed by atoms with Crippen molar-refractivity contribution in [1.29, 1.82) is 5.26 Å². The number of amides is 1. The number of pyridine rings is 1. The molecule has 2 rings (SSSR count). The zero-order valence-corrected chi connectivity index (χ0v) is 15.7. The van der Waals surface area contributed by atoms with Crippen molar-refractivity contribution in [2.24, 2.45) is 10.7 Å². The number of amidine groups is 1. The van der Waals surface area contributed by atoms with E-state index < -0.39 is 0 Å². The van der Waals surface area contributed by atoms with E-state index in [1.807, 2.05) is 18.2 Å². The largest absolute Gasteiger partial charge is 0.465 e. The smallest absolute Gasteiger partial charge is 0.282 e. The quantitative estimate of drug-likeness (QED) is 0.391. The number of aromatic nitrogens is 1. The van der Waals surface area contributed by atoms with Crippen LogP contribution in [-0.4, -0.2) is 37.2 Å². The van der Waals surface area contributed by atoms with Crippen molar-refractivity contribution in [3.8, 4) is 6.07 Å². The molecule has 146 valence electrons. The summed E-state index contributed by atoms with van der Waals surface area (Å²) in [4.78, 5) is 20.4. The lowest BCUT2D eigenvalue weighted by Crippen LogP contribution is -2.17. The molecule has 2 aromatic rings. The molecule has 0 saturated heterocycles. The van der Waals surface area contributed by atoms with Gasteiger partial charge in [0.25, 0.3) is 11.9 Å². The van der Waals surface area contributed by atoms with Crippen molar-refractivity contribution >= 4 is 17.6 Å². The van der Waals surface area contributed by atoms with Crippen molar-refractivity contribution < 1.29 is 14.3 Å². The molecule has 0 saturated carbocycles. The first-order chi connectivity index (χ1) is 13.6. The predicted octanol–water partition coefficient (Wildman–Crippen LogP) is 2.46. The summed E-state index contributed by atoms with van der Waals surface area (Å²) in [5.74, 6) is -0.357. The Morgan fingerprint density at radius 2 is 2.11 bits per heavy atom. The average Bonchev–Trinajstić information content (AvgIpc) is 2.72. The highest BCUT2D eigenvalue weighted by molar-refractivity contribution is 6.02. The number of carbonyl (C=O) groups is 1. The Morgan fingerprint density at radius 3 is 2.82 bits per heavy atom. The van der Waals surface area contributed by atoms with Crippen LogP contribution in [0.4, 0.5) is 5.69 Å². The SMILES string of the molecule is COCCCCO/C(N)=N/Cc1cccc(NC(=O)c2ccc(C#N)cn2)c1. The molecule has 1 amide bonds. The summed E-state index contributed by atoms with van der Waals surface area (Å²) in [7, 11) is 1.66. The third kappa shape index (κ3) is 7.05. The number of benzene rings is 1. The number of hydrogen-bond acceptors (Lipinski definition) is 6. The molecule has 1 heterocycles. The minimum atomic E-state index is -0.357. The van der Waals surface area contributed by atoms with Gasteiger partial charge in [-0.15, -0.1) is 0 Å². The third-order valence-electron chi connectivity index (χ3n) is 3.72. The van der Waals surface area contributed by atoms with E-state index in [-0.39, 0.29) is 17.6 Å². The fraction of sp³-hybridized carbons (Fsp3) is 0.300. The molecule has 0 radical (unpaired) electrons. The molecule has 8 nitrogen and oxygen atoms in total. The van der Waals surface area contributed by atoms with E-state index in [9.17, 15) is 4.79 Å². The van der Waals surface area contributed by atoms with Gasteiger partial charge >= 0.3 is 0 Å². The maximum absolute atomic E-state index is 12.3. The number of hydrogen-bond donors (Lipinski definition) is 2. The number of anilines is 1. The van der Waals surface area contributed by atoms with E-state index in [1.54, 1.807) is 25.3 Å². The van der Waals surface area contributed by atoms with Gasteiger partial charge in [-0.2, -0.15) is 5.26 Å². The van der Waals surface area contributed by atoms with Crippen LogP contribution in [0.3, 0.4) is 0 Å². The third-order valence-corrected chi connectivity index (χ3v) is 3.72. The number of nitrogens with one attached hydrogen (secondary N) is 1. The summed E-state index contributed by atoms with van der Waals surface area (Å²) in [6.45, 7) is 1.52. The van der Waals surface area contributed by atoms with Crippen molar-refractivity contribution in [2.45, 2.75) is 19.4 Å². The van der Waals surface area contributed by atoms with Gasteiger partial charge < -0.3 is 20.5 Å². The summed E-state index contributed by atoms with van der Waals surface area (Å²) in [6.07, 6.45) is 3.10. The topological polar surface area (TPSA) is 123 Å². The van der Waals surface area contributed by atoms with Crippen LogP contribution >= 0.6 is 0 Å². The van der Waals surface area contributed by atoms with Gasteiger partial charge in [-0.05, 0) is 42.7 Å². The molecule has 0 spiro atoms. The minimum Gasteiger partial charge on any atom is -0.465 e. The highest BCUT2D eigenvalue weighted by Crippen LogP contribution is 2.13. The number of rotatable bonds is 9. The molecule has 0 aliphatic carbocycles. The van der Waals surface area contributed by atoms with Crippen LogP contribution in [0, 0.1) is 11.3 Å². The number of nitrogens with two attached hydrogens (primary N) is 1. The second-order valence-corrected chi connectivity index (χ2v) is 5.90. The monoisotopic (exact) mass is 381 g/mol. The molecule has 0 atom stereocenters. The van der Waals surface area contributed by atoms with Crippen molar-refractivity contribution in [1.82, 2.24) is 4.98 Å². The summed E-state index contributed by atoms with van der Waals surface area (Å²) in [5.41, 5.74) is 7.86. The van der Waals surface area contributed by atoms with E-state index in [1.165, 1.54) is 12.3 Å². The van der Waals surface area contributed by atoms with E-state index in [0.29, 0.717) is 31.0 Å². The Kier molecular flexibility index (Phi) is 8.43. The molecule has 0 unspecified atom stereocenters. The Labute approximate surface area is 164 Å². The van der Waals surface area contributed by atoms with E-state index >= 15 is 0 Å². The molecule has 0 aliphatic heterocycles. The summed E-state index contributed by atoms with van der Waals surface area (Å²) in [5, 5.41) is 11.6. The van der Waals surface area contributed by atoms with Crippen molar-refractivity contribution in [2.75, 3.05) is 25.6 Å². The highest BCUT2D eigenvalue weighted by atomic mass is 16.5. The lowest BCUT2D eigenvalue weighted by molar-refractivity contribution is 0.102. The molecule has 28 heavy (non-hydrogen) atoms. The normalized spacial score (nSPS) is 10.9. The fourth-order valence-electron chi connectivity index (χ4n) is 2.28. The molecule has 0 aliphatic rings. The standard InChI is InChI=1S/C20H23N5O3/c1-27-9-2-3-10-28-20(22)24-13-15-5-4-6-17(11-15)25-19(26)18-8-7-16(12-21)14-23-18/h4-8,11,14H,2-3,9-10,13H2,1H3,(H2,22,24)(H,25,26). The van der Waals surface area contributed by atoms with Crippen LogP contribution in [0.25, 0.3) is 0 Å². The van der Waals surface area contributed by atoms with Gasteiger partial charge in [0.15, 0.2) is 0 Å². The van der Waals surface area contributed by atoms with Gasteiger partial charge in [-0.3, -0.25) is 4.79 Å². The number of carbonyl (C=O) groups excluding carboxylic acids is 1. The Balaban J connectivity index is 1.88. The van der Waals surface area contributed by atoms with Gasteiger partial charge in [-0.1, -0.05) is 12.1 Å². The average molecular weight is 381 g/mol. The van der Waals surface area contributed by atoms with Crippen LogP contribution in [-0.2, 0) is 16.0 Å². The zero-order valence-electron chi connectivity index (χ0n) is 15.7. The summed E-state index contributed by atoms with van der Waals surface area (Å²) >= 11 is 0. The van der Waals surface area contributed by atoms with Gasteiger partial charge in [0.2, 0.25) is 0 Å². The number of nitrogens with zero attached hydrogens (tertiary/aromatic N) is 3. The maximum Gasteiger partial charge on any atom is 0.282 e. The molecule has 1 aromatic heterocycles. The molecule has 3 N–H and O–H groups in total. The minimum absolute atomic E-state index is 0.133. The number of methoxy groups -OCH3 is 1. The molecule has 0 bridgehead atoms. The van der Waals surface area contributed by atoms with Crippen LogP contribution in [0.15, 0.2) is 47.6 Å². The second kappa shape index (κ2) is 11.3. The zero-order chi connectivity index (χ0) is 20.2. The van der Waals surface area contributed by atoms with E-state index in [2.05, 4.69) is 15.3 Å². The maximum atomic E-state index is 12.3. The molecule has 8 heteroatoms. The highest BCUT2D eigenvalue weighted by Gasteiger charge is 2.08. The van der Waals surface area contributed by atoms with Gasteiger partial charge in [-0.25, -0.2) is 9.98 Å². The van der Waals surface area contributed by atoms with Crippen LogP contribution in [0.2, 0.25) is 0 Å². The number of unbranched alkanes of at least 4 members (excludes halogenated alkanes) is 1.